The molecule has 1 atom stereocenters. The molecule has 2 aliphatic rings. The topological polar surface area (TPSA) is 36.0 Å². The molecule has 5 nitrogen and oxygen atoms in total. The summed E-state index contributed by atoms with van der Waals surface area (Å²) in [6.07, 6.45) is 4.33. The molecule has 2 heterocycles. The van der Waals surface area contributed by atoms with E-state index in [0.29, 0.717) is 5.91 Å². The number of rotatable bonds is 7. The number of nitrogens with zero attached hydrogens (tertiary/aromatic N) is 3. The molecule has 0 aliphatic carbocycles. The fourth-order valence-electron chi connectivity index (χ4n) is 3.35. The van der Waals surface area contributed by atoms with E-state index in [1.165, 1.54) is 5.75 Å². The molecule has 0 saturated carbocycles. The van der Waals surface area contributed by atoms with Crippen molar-refractivity contribution in [3.63, 3.8) is 0 Å². The number of hydrogen-bond acceptors (Lipinski definition) is 5. The van der Waals surface area contributed by atoms with Crippen molar-refractivity contribution in [2.24, 2.45) is 5.92 Å². The van der Waals surface area contributed by atoms with Gasteiger partial charge in [-0.15, -0.1) is 0 Å². The standard InChI is InChI=1S/C16H31N3O2S/c1-21-12-10-18-5-3-4-15(14-18)16(20)19-8-6-17(7-9-19)11-13-22-2/h15H,3-14H2,1-2H3/t15-/m1/s1. The molecule has 0 aromatic carbocycles. The van der Waals surface area contributed by atoms with Crippen LogP contribution in [0.1, 0.15) is 12.8 Å². The molecular formula is C16H31N3O2S. The number of piperidine rings is 1. The molecule has 0 bridgehead atoms. The second kappa shape index (κ2) is 9.75. The lowest BCUT2D eigenvalue weighted by Gasteiger charge is -2.39. The van der Waals surface area contributed by atoms with E-state index in [0.717, 1.165) is 71.8 Å². The maximum atomic E-state index is 12.7. The third-order valence-corrected chi connectivity index (χ3v) is 5.35. The molecule has 0 spiro atoms. The molecule has 0 unspecified atom stereocenters. The van der Waals surface area contributed by atoms with Crippen LogP contribution < -0.4 is 0 Å². The van der Waals surface area contributed by atoms with Crippen LogP contribution >= 0.6 is 11.8 Å². The van der Waals surface area contributed by atoms with Crippen LogP contribution in [0.5, 0.6) is 0 Å². The first-order chi connectivity index (χ1) is 10.7. The van der Waals surface area contributed by atoms with Gasteiger partial charge in [0.2, 0.25) is 5.91 Å². The highest BCUT2D eigenvalue weighted by Crippen LogP contribution is 2.19. The van der Waals surface area contributed by atoms with Crippen molar-refractivity contribution in [2.45, 2.75) is 12.8 Å². The summed E-state index contributed by atoms with van der Waals surface area (Å²) in [5.74, 6) is 1.76. The number of piperazine rings is 1. The molecule has 2 rings (SSSR count). The molecule has 2 saturated heterocycles. The predicted octanol–water partition coefficient (Wildman–Crippen LogP) is 0.852. The maximum Gasteiger partial charge on any atom is 0.227 e. The largest absolute Gasteiger partial charge is 0.383 e. The van der Waals surface area contributed by atoms with Gasteiger partial charge in [-0.05, 0) is 25.6 Å². The lowest BCUT2D eigenvalue weighted by molar-refractivity contribution is -0.139. The Bertz CT molecular complexity index is 335. The second-order valence-electron chi connectivity index (χ2n) is 6.29. The quantitative estimate of drug-likeness (QED) is 0.692. The first kappa shape index (κ1) is 18.0. The normalized spacial score (nSPS) is 24.6. The smallest absolute Gasteiger partial charge is 0.227 e. The van der Waals surface area contributed by atoms with Crippen molar-refractivity contribution in [3.8, 4) is 0 Å². The van der Waals surface area contributed by atoms with Crippen LogP contribution in [0.15, 0.2) is 0 Å². The highest BCUT2D eigenvalue weighted by Gasteiger charge is 2.30. The molecule has 0 radical (unpaired) electrons. The van der Waals surface area contributed by atoms with Gasteiger partial charge in [0, 0.05) is 58.7 Å². The zero-order valence-electron chi connectivity index (χ0n) is 14.1. The Morgan fingerprint density at radius 2 is 1.91 bits per heavy atom. The Morgan fingerprint density at radius 3 is 2.59 bits per heavy atom. The molecular weight excluding hydrogens is 298 g/mol. The minimum Gasteiger partial charge on any atom is -0.383 e. The number of amides is 1. The summed E-state index contributed by atoms with van der Waals surface area (Å²) < 4.78 is 5.16. The second-order valence-corrected chi connectivity index (χ2v) is 7.28. The van der Waals surface area contributed by atoms with E-state index in [1.807, 2.05) is 11.8 Å². The summed E-state index contributed by atoms with van der Waals surface area (Å²) in [5.41, 5.74) is 0. The average Bonchev–Trinajstić information content (AvgIpc) is 2.58. The van der Waals surface area contributed by atoms with Crippen LogP contribution in [0.25, 0.3) is 0 Å². The third-order valence-electron chi connectivity index (χ3n) is 4.76. The van der Waals surface area contributed by atoms with Gasteiger partial charge in [-0.1, -0.05) is 0 Å². The molecule has 0 aromatic heterocycles. The number of likely N-dealkylation sites (tertiary alicyclic amines) is 1. The summed E-state index contributed by atoms with van der Waals surface area (Å²) in [6, 6.07) is 0. The van der Waals surface area contributed by atoms with Gasteiger partial charge in [-0.3, -0.25) is 9.69 Å². The fourth-order valence-corrected chi connectivity index (χ4v) is 3.79. The lowest BCUT2D eigenvalue weighted by Crippen LogP contribution is -2.53. The molecule has 1 amide bonds. The molecule has 2 aliphatic heterocycles. The number of thioether (sulfide) groups is 1. The van der Waals surface area contributed by atoms with E-state index < -0.39 is 0 Å². The molecule has 0 aromatic rings. The van der Waals surface area contributed by atoms with Crippen molar-refractivity contribution in [1.82, 2.24) is 14.7 Å². The summed E-state index contributed by atoms with van der Waals surface area (Å²) in [5, 5.41) is 0. The number of carbonyl (C=O) groups is 1. The van der Waals surface area contributed by atoms with Crippen LogP contribution in [-0.4, -0.2) is 98.7 Å². The zero-order valence-corrected chi connectivity index (χ0v) is 14.9. The highest BCUT2D eigenvalue weighted by atomic mass is 32.2. The van der Waals surface area contributed by atoms with E-state index in [1.54, 1.807) is 7.11 Å². The Morgan fingerprint density at radius 1 is 1.14 bits per heavy atom. The first-order valence-electron chi connectivity index (χ1n) is 8.46. The van der Waals surface area contributed by atoms with E-state index in [9.17, 15) is 4.79 Å². The van der Waals surface area contributed by atoms with Gasteiger partial charge in [0.05, 0.1) is 12.5 Å². The van der Waals surface area contributed by atoms with Gasteiger partial charge in [0.15, 0.2) is 0 Å². The minimum atomic E-state index is 0.198. The lowest BCUT2D eigenvalue weighted by atomic mass is 9.96. The Labute approximate surface area is 139 Å². The highest BCUT2D eigenvalue weighted by molar-refractivity contribution is 7.98. The summed E-state index contributed by atoms with van der Waals surface area (Å²) in [6.45, 7) is 8.75. The average molecular weight is 330 g/mol. The predicted molar refractivity (Wildman–Crippen MR) is 92.4 cm³/mol. The van der Waals surface area contributed by atoms with Crippen molar-refractivity contribution < 1.29 is 9.53 Å². The Kier molecular flexibility index (Phi) is 8.00. The Balaban J connectivity index is 1.74. The number of carbonyl (C=O) groups excluding carboxylic acids is 1. The molecule has 128 valence electrons. The van der Waals surface area contributed by atoms with Crippen molar-refractivity contribution >= 4 is 17.7 Å². The van der Waals surface area contributed by atoms with Gasteiger partial charge in [0.25, 0.3) is 0 Å². The van der Waals surface area contributed by atoms with Gasteiger partial charge in [0.1, 0.15) is 0 Å². The fraction of sp³-hybridized carbons (Fsp3) is 0.938. The number of ether oxygens (including phenoxy) is 1. The van der Waals surface area contributed by atoms with Crippen molar-refractivity contribution in [2.75, 3.05) is 78.1 Å². The number of methoxy groups -OCH3 is 1. The van der Waals surface area contributed by atoms with E-state index in [-0.39, 0.29) is 5.92 Å². The summed E-state index contributed by atoms with van der Waals surface area (Å²) in [7, 11) is 1.74. The van der Waals surface area contributed by atoms with Crippen LogP contribution in [0.4, 0.5) is 0 Å². The third kappa shape index (κ3) is 5.41. The van der Waals surface area contributed by atoms with Crippen LogP contribution in [0.2, 0.25) is 0 Å². The van der Waals surface area contributed by atoms with E-state index >= 15 is 0 Å². The van der Waals surface area contributed by atoms with Gasteiger partial charge >= 0.3 is 0 Å². The van der Waals surface area contributed by atoms with Crippen molar-refractivity contribution in [3.05, 3.63) is 0 Å². The Hall–Kier alpha value is -0.300. The van der Waals surface area contributed by atoms with Crippen LogP contribution in [0.3, 0.4) is 0 Å². The van der Waals surface area contributed by atoms with Gasteiger partial charge < -0.3 is 14.5 Å². The molecule has 2 fully saturated rings. The molecule has 0 N–H and O–H groups in total. The first-order valence-corrected chi connectivity index (χ1v) is 9.85. The monoisotopic (exact) mass is 329 g/mol. The van der Waals surface area contributed by atoms with Crippen molar-refractivity contribution in [1.29, 1.82) is 0 Å². The maximum absolute atomic E-state index is 12.7. The minimum absolute atomic E-state index is 0.198. The number of hydrogen-bond donors (Lipinski definition) is 0. The summed E-state index contributed by atoms with van der Waals surface area (Å²) in [4.78, 5) is 19.7. The van der Waals surface area contributed by atoms with Crippen LogP contribution in [0, 0.1) is 5.92 Å². The molecule has 6 heteroatoms. The van der Waals surface area contributed by atoms with E-state index in [4.69, 9.17) is 4.74 Å². The zero-order chi connectivity index (χ0) is 15.8. The van der Waals surface area contributed by atoms with Gasteiger partial charge in [-0.2, -0.15) is 11.8 Å². The SMILES string of the molecule is COCCN1CCC[C@@H](C(=O)N2CCN(CCSC)CC2)C1. The molecule has 22 heavy (non-hydrogen) atoms. The van der Waals surface area contributed by atoms with E-state index in [2.05, 4.69) is 21.0 Å². The summed E-state index contributed by atoms with van der Waals surface area (Å²) >= 11 is 1.89. The van der Waals surface area contributed by atoms with Crippen LogP contribution in [-0.2, 0) is 9.53 Å². The van der Waals surface area contributed by atoms with Gasteiger partial charge in [-0.25, -0.2) is 0 Å².